The van der Waals surface area contributed by atoms with Crippen molar-refractivity contribution in [2.45, 2.75) is 19.9 Å². The van der Waals surface area contributed by atoms with E-state index in [1.807, 2.05) is 25.8 Å². The van der Waals surface area contributed by atoms with E-state index in [0.29, 0.717) is 6.54 Å². The first-order valence-corrected chi connectivity index (χ1v) is 7.26. The number of piperazine rings is 1. The van der Waals surface area contributed by atoms with E-state index in [2.05, 4.69) is 20.9 Å². The van der Waals surface area contributed by atoms with Crippen LogP contribution in [0.2, 0.25) is 0 Å². The summed E-state index contributed by atoms with van der Waals surface area (Å²) in [7, 11) is 1.91. The number of carbonyl (C=O) groups excluding carboxylic acids is 2. The Morgan fingerprint density at radius 3 is 2.60 bits per heavy atom. The molecule has 0 aromatic rings. The number of carbonyl (C=O) groups is 2. The highest BCUT2D eigenvalue weighted by atomic mass is 16.2. The van der Waals surface area contributed by atoms with Gasteiger partial charge < -0.3 is 10.6 Å². The van der Waals surface area contributed by atoms with Crippen molar-refractivity contribution in [2.24, 2.45) is 0 Å². The SMILES string of the molecule is CCNC(=O)NC(=O)C(C)N(C)CCN1CCNCC1. The van der Waals surface area contributed by atoms with E-state index in [9.17, 15) is 9.59 Å². The molecule has 0 aromatic heterocycles. The van der Waals surface area contributed by atoms with Crippen LogP contribution in [0.15, 0.2) is 0 Å². The first kappa shape index (κ1) is 16.9. The molecule has 0 saturated carbocycles. The minimum absolute atomic E-state index is 0.265. The van der Waals surface area contributed by atoms with Crippen molar-refractivity contribution in [3.8, 4) is 0 Å². The molecule has 20 heavy (non-hydrogen) atoms. The van der Waals surface area contributed by atoms with E-state index in [-0.39, 0.29) is 11.9 Å². The first-order chi connectivity index (χ1) is 9.54. The predicted octanol–water partition coefficient (Wildman–Crippen LogP) is -0.942. The molecule has 1 heterocycles. The Bertz CT molecular complexity index is 318. The number of hydrogen-bond acceptors (Lipinski definition) is 5. The van der Waals surface area contributed by atoms with Gasteiger partial charge in [0.05, 0.1) is 6.04 Å². The van der Waals surface area contributed by atoms with E-state index >= 15 is 0 Å². The van der Waals surface area contributed by atoms with Crippen LogP contribution in [0.25, 0.3) is 0 Å². The Labute approximate surface area is 121 Å². The Balaban J connectivity index is 2.28. The van der Waals surface area contributed by atoms with Crippen molar-refractivity contribution in [1.82, 2.24) is 25.8 Å². The summed E-state index contributed by atoms with van der Waals surface area (Å²) in [5, 5.41) is 8.21. The summed E-state index contributed by atoms with van der Waals surface area (Å²) in [6, 6.07) is -0.750. The average Bonchev–Trinajstić information content (AvgIpc) is 2.45. The van der Waals surface area contributed by atoms with Gasteiger partial charge in [0.1, 0.15) is 0 Å². The van der Waals surface area contributed by atoms with Gasteiger partial charge in [-0.1, -0.05) is 0 Å². The lowest BCUT2D eigenvalue weighted by atomic mass is 10.2. The predicted molar refractivity (Wildman–Crippen MR) is 78.6 cm³/mol. The zero-order chi connectivity index (χ0) is 15.0. The molecule has 0 aliphatic carbocycles. The summed E-state index contributed by atoms with van der Waals surface area (Å²) in [6.45, 7) is 10.0. The van der Waals surface area contributed by atoms with Gasteiger partial charge >= 0.3 is 6.03 Å². The van der Waals surface area contributed by atoms with E-state index in [1.165, 1.54) is 0 Å². The summed E-state index contributed by atoms with van der Waals surface area (Å²) in [5.74, 6) is -0.265. The number of hydrogen-bond donors (Lipinski definition) is 3. The number of imide groups is 1. The molecule has 1 aliphatic rings. The second-order valence-electron chi connectivity index (χ2n) is 5.10. The Morgan fingerprint density at radius 2 is 2.00 bits per heavy atom. The fourth-order valence-corrected chi connectivity index (χ4v) is 2.05. The second-order valence-corrected chi connectivity index (χ2v) is 5.10. The van der Waals surface area contributed by atoms with E-state index in [1.54, 1.807) is 0 Å². The van der Waals surface area contributed by atoms with Crippen LogP contribution in [0.4, 0.5) is 4.79 Å². The number of amides is 3. The number of likely N-dealkylation sites (N-methyl/N-ethyl adjacent to an activating group) is 1. The summed E-state index contributed by atoms with van der Waals surface area (Å²) < 4.78 is 0. The smallest absolute Gasteiger partial charge is 0.321 e. The van der Waals surface area contributed by atoms with Crippen LogP contribution in [0.5, 0.6) is 0 Å². The molecule has 3 amide bonds. The maximum Gasteiger partial charge on any atom is 0.321 e. The van der Waals surface area contributed by atoms with Gasteiger partial charge in [-0.25, -0.2) is 4.79 Å². The third-order valence-electron chi connectivity index (χ3n) is 3.59. The lowest BCUT2D eigenvalue weighted by molar-refractivity contribution is -0.124. The number of urea groups is 1. The van der Waals surface area contributed by atoms with E-state index < -0.39 is 6.03 Å². The maximum absolute atomic E-state index is 11.9. The topological polar surface area (TPSA) is 76.7 Å². The summed E-state index contributed by atoms with van der Waals surface area (Å²) in [6.07, 6.45) is 0. The average molecular weight is 285 g/mol. The van der Waals surface area contributed by atoms with Crippen LogP contribution >= 0.6 is 0 Å². The molecule has 1 fully saturated rings. The molecule has 1 saturated heterocycles. The van der Waals surface area contributed by atoms with Crippen LogP contribution in [-0.2, 0) is 4.79 Å². The van der Waals surface area contributed by atoms with Crippen LogP contribution in [0, 0.1) is 0 Å². The largest absolute Gasteiger partial charge is 0.338 e. The second kappa shape index (κ2) is 8.89. The van der Waals surface area contributed by atoms with Gasteiger partial charge in [-0.2, -0.15) is 0 Å². The lowest BCUT2D eigenvalue weighted by Gasteiger charge is -2.30. The molecule has 3 N–H and O–H groups in total. The highest BCUT2D eigenvalue weighted by Crippen LogP contribution is 1.98. The third-order valence-corrected chi connectivity index (χ3v) is 3.59. The highest BCUT2D eigenvalue weighted by Gasteiger charge is 2.20. The van der Waals surface area contributed by atoms with E-state index in [0.717, 1.165) is 39.3 Å². The van der Waals surface area contributed by atoms with Crippen molar-refractivity contribution < 1.29 is 9.59 Å². The fraction of sp³-hybridized carbons (Fsp3) is 0.846. The maximum atomic E-state index is 11.9. The molecule has 0 spiro atoms. The van der Waals surface area contributed by atoms with Gasteiger partial charge in [-0.05, 0) is 20.9 Å². The van der Waals surface area contributed by atoms with Crippen molar-refractivity contribution in [2.75, 3.05) is 52.9 Å². The normalized spacial score (nSPS) is 17.8. The molecule has 0 radical (unpaired) electrons. The molecule has 1 atom stereocenters. The molecular weight excluding hydrogens is 258 g/mol. The zero-order valence-corrected chi connectivity index (χ0v) is 12.7. The molecule has 7 nitrogen and oxygen atoms in total. The Kier molecular flexibility index (Phi) is 7.50. The Hall–Kier alpha value is -1.18. The monoisotopic (exact) mass is 285 g/mol. The van der Waals surface area contributed by atoms with Crippen LogP contribution in [-0.4, -0.2) is 80.6 Å². The number of rotatable bonds is 6. The molecule has 7 heteroatoms. The molecule has 0 aromatic carbocycles. The van der Waals surface area contributed by atoms with Crippen molar-refractivity contribution in [3.05, 3.63) is 0 Å². The van der Waals surface area contributed by atoms with Crippen LogP contribution in [0.1, 0.15) is 13.8 Å². The first-order valence-electron chi connectivity index (χ1n) is 7.26. The molecule has 0 bridgehead atoms. The van der Waals surface area contributed by atoms with Gasteiger partial charge in [-0.3, -0.25) is 19.9 Å². The van der Waals surface area contributed by atoms with Gasteiger partial charge in [-0.15, -0.1) is 0 Å². The number of nitrogens with zero attached hydrogens (tertiary/aromatic N) is 2. The van der Waals surface area contributed by atoms with Crippen molar-refractivity contribution >= 4 is 11.9 Å². The zero-order valence-electron chi connectivity index (χ0n) is 12.7. The summed E-state index contributed by atoms with van der Waals surface area (Å²) in [5.41, 5.74) is 0. The van der Waals surface area contributed by atoms with Gasteiger partial charge in [0.25, 0.3) is 0 Å². The minimum atomic E-state index is -0.431. The summed E-state index contributed by atoms with van der Waals surface area (Å²) >= 11 is 0. The Morgan fingerprint density at radius 1 is 1.35 bits per heavy atom. The van der Waals surface area contributed by atoms with Crippen LogP contribution < -0.4 is 16.0 Å². The molecule has 116 valence electrons. The van der Waals surface area contributed by atoms with Gasteiger partial charge in [0.2, 0.25) is 5.91 Å². The van der Waals surface area contributed by atoms with E-state index in [4.69, 9.17) is 0 Å². The standard InChI is InChI=1S/C13H27N5O2/c1-4-15-13(20)16-12(19)11(2)17(3)9-10-18-7-5-14-6-8-18/h11,14H,4-10H2,1-3H3,(H2,15,16,19,20). The molecule has 1 rings (SSSR count). The van der Waals surface area contributed by atoms with Crippen molar-refractivity contribution in [1.29, 1.82) is 0 Å². The number of nitrogens with one attached hydrogen (secondary N) is 3. The summed E-state index contributed by atoms with van der Waals surface area (Å²) in [4.78, 5) is 27.5. The molecule has 1 unspecified atom stereocenters. The highest BCUT2D eigenvalue weighted by molar-refractivity contribution is 5.96. The van der Waals surface area contributed by atoms with Gasteiger partial charge in [0.15, 0.2) is 0 Å². The fourth-order valence-electron chi connectivity index (χ4n) is 2.05. The minimum Gasteiger partial charge on any atom is -0.338 e. The molecule has 1 aliphatic heterocycles. The quantitative estimate of drug-likeness (QED) is 0.587. The van der Waals surface area contributed by atoms with Crippen molar-refractivity contribution in [3.63, 3.8) is 0 Å². The van der Waals surface area contributed by atoms with Gasteiger partial charge in [0, 0.05) is 45.8 Å². The van der Waals surface area contributed by atoms with Crippen LogP contribution in [0.3, 0.4) is 0 Å². The molecular formula is C13H27N5O2. The lowest BCUT2D eigenvalue weighted by Crippen LogP contribution is -2.51. The third kappa shape index (κ3) is 5.85.